The van der Waals surface area contributed by atoms with Gasteiger partial charge in [-0.15, -0.1) is 0 Å². The zero-order chi connectivity index (χ0) is 17.8. The van der Waals surface area contributed by atoms with E-state index in [1.54, 1.807) is 30.5 Å². The molecule has 2 heterocycles. The highest BCUT2D eigenvalue weighted by Gasteiger charge is 2.23. The number of anilines is 2. The Morgan fingerprint density at radius 3 is 2.84 bits per heavy atom. The lowest BCUT2D eigenvalue weighted by Gasteiger charge is -2.20. The van der Waals surface area contributed by atoms with E-state index in [-0.39, 0.29) is 11.9 Å². The minimum absolute atomic E-state index is 0.156. The third-order valence-electron chi connectivity index (χ3n) is 4.17. The van der Waals surface area contributed by atoms with Gasteiger partial charge in [0.2, 0.25) is 5.91 Å². The summed E-state index contributed by atoms with van der Waals surface area (Å²) >= 11 is 0. The largest absolute Gasteiger partial charge is 0.322 e. The number of nitrogens with one attached hydrogen (secondary N) is 1. The van der Waals surface area contributed by atoms with Crippen molar-refractivity contribution in [1.29, 1.82) is 0 Å². The molecule has 1 N–H and O–H groups in total. The monoisotopic (exact) mass is 339 g/mol. The third-order valence-corrected chi connectivity index (χ3v) is 4.17. The van der Waals surface area contributed by atoms with Crippen molar-refractivity contribution in [1.82, 2.24) is 14.9 Å². The molecule has 3 rings (SSSR count). The van der Waals surface area contributed by atoms with Gasteiger partial charge >= 0.3 is 6.03 Å². The number of carbonyl (C=O) groups is 2. The number of amides is 3. The maximum Gasteiger partial charge on any atom is 0.321 e. The first-order valence-corrected chi connectivity index (χ1v) is 8.22. The van der Waals surface area contributed by atoms with E-state index in [2.05, 4.69) is 15.3 Å². The Morgan fingerprint density at radius 1 is 1.36 bits per heavy atom. The maximum atomic E-state index is 12.3. The Kier molecular flexibility index (Phi) is 4.92. The molecule has 1 aromatic carbocycles. The zero-order valence-electron chi connectivity index (χ0n) is 14.4. The summed E-state index contributed by atoms with van der Waals surface area (Å²) in [6, 6.07) is 5.36. The Labute approximate surface area is 146 Å². The zero-order valence-corrected chi connectivity index (χ0v) is 14.4. The van der Waals surface area contributed by atoms with Gasteiger partial charge in [0.25, 0.3) is 0 Å². The van der Waals surface area contributed by atoms with Crippen LogP contribution in [0.15, 0.2) is 36.8 Å². The van der Waals surface area contributed by atoms with E-state index in [0.29, 0.717) is 18.7 Å². The molecule has 1 aliphatic heterocycles. The molecule has 0 unspecified atom stereocenters. The van der Waals surface area contributed by atoms with E-state index in [1.165, 1.54) is 4.90 Å². The lowest BCUT2D eigenvalue weighted by atomic mass is 10.1. The molecule has 1 aromatic heterocycles. The number of nitrogens with zero attached hydrogens (tertiary/aromatic N) is 4. The molecule has 0 saturated carbocycles. The number of benzene rings is 1. The van der Waals surface area contributed by atoms with Crippen LogP contribution < -0.4 is 10.2 Å². The van der Waals surface area contributed by atoms with Gasteiger partial charge in [0.1, 0.15) is 0 Å². The summed E-state index contributed by atoms with van der Waals surface area (Å²) < 4.78 is 0. The summed E-state index contributed by atoms with van der Waals surface area (Å²) in [6.45, 7) is 3.07. The van der Waals surface area contributed by atoms with Crippen LogP contribution in [0.25, 0.3) is 0 Å². The second-order valence-electron chi connectivity index (χ2n) is 6.13. The second kappa shape index (κ2) is 7.29. The first-order chi connectivity index (χ1) is 12.0. The molecule has 0 atom stereocenters. The normalized spacial score (nSPS) is 13.8. The van der Waals surface area contributed by atoms with Crippen LogP contribution in [0.4, 0.5) is 16.2 Å². The first kappa shape index (κ1) is 16.9. The molecule has 1 saturated heterocycles. The smallest absolute Gasteiger partial charge is 0.321 e. The average Bonchev–Trinajstić information content (AvgIpc) is 3.01. The molecule has 7 nitrogen and oxygen atoms in total. The summed E-state index contributed by atoms with van der Waals surface area (Å²) in [6.07, 6.45) is 6.33. The fourth-order valence-corrected chi connectivity index (χ4v) is 2.88. The van der Waals surface area contributed by atoms with Gasteiger partial charge in [-0.05, 0) is 37.1 Å². The highest BCUT2D eigenvalue weighted by atomic mass is 16.2. The van der Waals surface area contributed by atoms with Crippen molar-refractivity contribution in [3.8, 4) is 0 Å². The van der Waals surface area contributed by atoms with Crippen molar-refractivity contribution in [3.63, 3.8) is 0 Å². The number of carbonyl (C=O) groups excluding carboxylic acids is 2. The van der Waals surface area contributed by atoms with E-state index in [0.717, 1.165) is 29.9 Å². The molecule has 0 spiro atoms. The fourth-order valence-electron chi connectivity index (χ4n) is 2.88. The lowest BCUT2D eigenvalue weighted by Crippen LogP contribution is -2.31. The maximum absolute atomic E-state index is 12.3. The highest BCUT2D eigenvalue weighted by Crippen LogP contribution is 2.27. The summed E-state index contributed by atoms with van der Waals surface area (Å²) in [7, 11) is 1.70. The van der Waals surface area contributed by atoms with E-state index in [9.17, 15) is 9.59 Å². The Balaban J connectivity index is 1.65. The third kappa shape index (κ3) is 3.93. The predicted octanol–water partition coefficient (Wildman–Crippen LogP) is 2.58. The average molecular weight is 339 g/mol. The number of hydrogen-bond acceptors (Lipinski definition) is 4. The van der Waals surface area contributed by atoms with Crippen molar-refractivity contribution < 1.29 is 9.59 Å². The SMILES string of the molecule is Cc1cc(NC(=O)N(C)Cc2cnccn2)ccc1N1CCCC1=O. The number of aromatic nitrogens is 2. The van der Waals surface area contributed by atoms with Crippen LogP contribution in [-0.4, -0.2) is 40.4 Å². The van der Waals surface area contributed by atoms with Crippen LogP contribution in [0.3, 0.4) is 0 Å². The van der Waals surface area contributed by atoms with Crippen LogP contribution >= 0.6 is 0 Å². The van der Waals surface area contributed by atoms with Gasteiger partial charge < -0.3 is 15.1 Å². The summed E-state index contributed by atoms with van der Waals surface area (Å²) in [5, 5.41) is 2.87. The van der Waals surface area contributed by atoms with Crippen molar-refractivity contribution in [2.45, 2.75) is 26.3 Å². The topological polar surface area (TPSA) is 78.4 Å². The van der Waals surface area contributed by atoms with Gasteiger partial charge in [0.05, 0.1) is 18.4 Å². The van der Waals surface area contributed by atoms with Crippen molar-refractivity contribution in [2.75, 3.05) is 23.8 Å². The Hall–Kier alpha value is -2.96. The van der Waals surface area contributed by atoms with Crippen LogP contribution in [0.1, 0.15) is 24.1 Å². The van der Waals surface area contributed by atoms with E-state index in [4.69, 9.17) is 0 Å². The molecule has 0 aliphatic carbocycles. The van der Waals surface area contributed by atoms with Gasteiger partial charge in [-0.25, -0.2) is 4.79 Å². The molecule has 0 bridgehead atoms. The molecule has 1 aliphatic rings. The van der Waals surface area contributed by atoms with E-state index >= 15 is 0 Å². The van der Waals surface area contributed by atoms with E-state index in [1.807, 2.05) is 25.1 Å². The van der Waals surface area contributed by atoms with Gasteiger partial charge in [-0.2, -0.15) is 0 Å². The number of aryl methyl sites for hydroxylation is 1. The summed E-state index contributed by atoms with van der Waals surface area (Å²) in [5.74, 6) is 0.156. The lowest BCUT2D eigenvalue weighted by molar-refractivity contribution is -0.117. The molecule has 7 heteroatoms. The van der Waals surface area contributed by atoms with E-state index < -0.39 is 0 Å². The molecule has 0 radical (unpaired) electrons. The summed E-state index contributed by atoms with van der Waals surface area (Å²) in [5.41, 5.74) is 3.29. The Bertz CT molecular complexity index is 778. The minimum atomic E-state index is -0.227. The first-order valence-electron chi connectivity index (χ1n) is 8.22. The van der Waals surface area contributed by atoms with Crippen molar-refractivity contribution >= 4 is 23.3 Å². The highest BCUT2D eigenvalue weighted by molar-refractivity contribution is 5.96. The summed E-state index contributed by atoms with van der Waals surface area (Å²) in [4.78, 5) is 35.7. The standard InChI is InChI=1S/C18H21N5O2/c1-13-10-14(5-6-16(13)23-9-3-4-17(23)24)21-18(25)22(2)12-15-11-19-7-8-20-15/h5-8,10-11H,3-4,9,12H2,1-2H3,(H,21,25). The molecule has 1 fully saturated rings. The molecule has 25 heavy (non-hydrogen) atoms. The van der Waals surface area contributed by atoms with Crippen molar-refractivity contribution in [3.05, 3.63) is 48.0 Å². The van der Waals surface area contributed by atoms with Gasteiger partial charge in [0, 0.05) is 43.8 Å². The minimum Gasteiger partial charge on any atom is -0.322 e. The molecular formula is C18H21N5O2. The fraction of sp³-hybridized carbons (Fsp3) is 0.333. The van der Waals surface area contributed by atoms with Crippen LogP contribution in [0.5, 0.6) is 0 Å². The van der Waals surface area contributed by atoms with Crippen LogP contribution in [0, 0.1) is 6.92 Å². The molecule has 2 aromatic rings. The van der Waals surface area contributed by atoms with Gasteiger partial charge in [-0.1, -0.05) is 0 Å². The number of urea groups is 1. The van der Waals surface area contributed by atoms with Gasteiger partial charge in [-0.3, -0.25) is 14.8 Å². The quantitative estimate of drug-likeness (QED) is 0.928. The Morgan fingerprint density at radius 2 is 2.20 bits per heavy atom. The number of rotatable bonds is 4. The molecule has 3 amide bonds. The van der Waals surface area contributed by atoms with Crippen LogP contribution in [-0.2, 0) is 11.3 Å². The molecule has 130 valence electrons. The number of hydrogen-bond donors (Lipinski definition) is 1. The van der Waals surface area contributed by atoms with Crippen molar-refractivity contribution in [2.24, 2.45) is 0 Å². The second-order valence-corrected chi connectivity index (χ2v) is 6.13. The molecular weight excluding hydrogens is 318 g/mol. The van der Waals surface area contributed by atoms with Crippen LogP contribution in [0.2, 0.25) is 0 Å². The predicted molar refractivity (Wildman–Crippen MR) is 95.3 cm³/mol. The van der Waals surface area contributed by atoms with Gasteiger partial charge in [0.15, 0.2) is 0 Å².